The van der Waals surface area contributed by atoms with E-state index in [1.807, 2.05) is 48.5 Å². The largest absolute Gasteiger partial charge is 0.208 e. The molecule has 0 unspecified atom stereocenters. The molecule has 5 rings (SSSR count). The molecular formula is C28H21N3. The molecule has 31 heavy (non-hydrogen) atoms. The van der Waals surface area contributed by atoms with Crippen molar-refractivity contribution >= 4 is 0 Å². The highest BCUT2D eigenvalue weighted by molar-refractivity contribution is 5.70. The fraction of sp³-hybridized carbons (Fsp3) is 0.0357. The van der Waals surface area contributed by atoms with Crippen LogP contribution in [0.4, 0.5) is 0 Å². The van der Waals surface area contributed by atoms with Crippen LogP contribution in [0.2, 0.25) is 0 Å². The molecule has 0 spiro atoms. The van der Waals surface area contributed by atoms with Gasteiger partial charge in [-0.3, -0.25) is 0 Å². The molecule has 148 valence electrons. The molecule has 3 heteroatoms. The fourth-order valence-corrected chi connectivity index (χ4v) is 3.58. The number of aryl methyl sites for hydroxylation is 1. The van der Waals surface area contributed by atoms with E-state index < -0.39 is 0 Å². The van der Waals surface area contributed by atoms with Crippen molar-refractivity contribution in [2.45, 2.75) is 6.92 Å². The minimum atomic E-state index is 0.671. The summed E-state index contributed by atoms with van der Waals surface area (Å²) in [5.41, 5.74) is 6.46. The van der Waals surface area contributed by atoms with Gasteiger partial charge in [0.25, 0.3) is 0 Å². The van der Waals surface area contributed by atoms with Crippen molar-refractivity contribution in [3.8, 4) is 45.3 Å². The van der Waals surface area contributed by atoms with Crippen LogP contribution in [0.1, 0.15) is 5.56 Å². The highest BCUT2D eigenvalue weighted by Crippen LogP contribution is 2.27. The average Bonchev–Trinajstić information content (AvgIpc) is 2.85. The van der Waals surface area contributed by atoms with Gasteiger partial charge in [-0.15, -0.1) is 0 Å². The molecule has 5 aromatic rings. The Bertz CT molecular complexity index is 1310. The summed E-state index contributed by atoms with van der Waals surface area (Å²) in [6.45, 7) is 2.08. The van der Waals surface area contributed by atoms with Crippen LogP contribution in [0.25, 0.3) is 45.3 Å². The Labute approximate surface area is 182 Å². The Kier molecular flexibility index (Phi) is 5.07. The summed E-state index contributed by atoms with van der Waals surface area (Å²) in [6.07, 6.45) is 0. The number of benzene rings is 4. The van der Waals surface area contributed by atoms with Crippen molar-refractivity contribution in [2.24, 2.45) is 0 Å². The average molecular weight is 399 g/mol. The zero-order valence-corrected chi connectivity index (χ0v) is 17.2. The van der Waals surface area contributed by atoms with Crippen LogP contribution in [0.5, 0.6) is 0 Å². The first-order valence-corrected chi connectivity index (χ1v) is 10.3. The molecule has 3 nitrogen and oxygen atoms in total. The van der Waals surface area contributed by atoms with Gasteiger partial charge in [-0.1, -0.05) is 109 Å². The van der Waals surface area contributed by atoms with Crippen molar-refractivity contribution < 1.29 is 0 Å². The minimum Gasteiger partial charge on any atom is -0.208 e. The predicted octanol–water partition coefficient (Wildman–Crippen LogP) is 6.85. The number of aromatic nitrogens is 3. The number of rotatable bonds is 4. The lowest BCUT2D eigenvalue weighted by molar-refractivity contribution is 1.07. The quantitative estimate of drug-likeness (QED) is 0.332. The van der Waals surface area contributed by atoms with Crippen molar-refractivity contribution in [3.05, 3.63) is 115 Å². The molecule has 0 amide bonds. The highest BCUT2D eigenvalue weighted by atomic mass is 15.0. The van der Waals surface area contributed by atoms with Gasteiger partial charge in [-0.25, -0.2) is 15.0 Å². The summed E-state index contributed by atoms with van der Waals surface area (Å²) < 4.78 is 0. The Morgan fingerprint density at radius 3 is 1.39 bits per heavy atom. The molecule has 0 bridgehead atoms. The van der Waals surface area contributed by atoms with E-state index in [2.05, 4.69) is 67.6 Å². The fourth-order valence-electron chi connectivity index (χ4n) is 3.58. The molecule has 0 fully saturated rings. The van der Waals surface area contributed by atoms with Gasteiger partial charge in [0.2, 0.25) is 0 Å². The lowest BCUT2D eigenvalue weighted by Crippen LogP contribution is -2.00. The van der Waals surface area contributed by atoms with Crippen molar-refractivity contribution in [1.82, 2.24) is 15.0 Å². The van der Waals surface area contributed by atoms with Crippen molar-refractivity contribution in [1.29, 1.82) is 0 Å². The number of nitrogens with zero attached hydrogens (tertiary/aromatic N) is 3. The summed E-state index contributed by atoms with van der Waals surface area (Å²) >= 11 is 0. The smallest absolute Gasteiger partial charge is 0.164 e. The number of hydrogen-bond acceptors (Lipinski definition) is 3. The highest BCUT2D eigenvalue weighted by Gasteiger charge is 2.12. The van der Waals surface area contributed by atoms with Crippen molar-refractivity contribution in [2.75, 3.05) is 0 Å². The normalized spacial score (nSPS) is 10.7. The van der Waals surface area contributed by atoms with E-state index in [0.29, 0.717) is 17.5 Å². The topological polar surface area (TPSA) is 38.7 Å². The van der Waals surface area contributed by atoms with Gasteiger partial charge >= 0.3 is 0 Å². The Balaban J connectivity index is 1.61. The molecule has 0 N–H and O–H groups in total. The van der Waals surface area contributed by atoms with Gasteiger partial charge in [-0.2, -0.15) is 0 Å². The molecule has 0 radical (unpaired) electrons. The summed E-state index contributed by atoms with van der Waals surface area (Å²) in [5, 5.41) is 0. The maximum absolute atomic E-state index is 4.82. The van der Waals surface area contributed by atoms with E-state index in [4.69, 9.17) is 15.0 Å². The molecule has 1 heterocycles. The van der Waals surface area contributed by atoms with E-state index in [9.17, 15) is 0 Å². The molecule has 0 saturated carbocycles. The van der Waals surface area contributed by atoms with Crippen LogP contribution in [-0.2, 0) is 0 Å². The van der Waals surface area contributed by atoms with Gasteiger partial charge in [0, 0.05) is 16.7 Å². The van der Waals surface area contributed by atoms with E-state index in [1.165, 1.54) is 16.7 Å². The van der Waals surface area contributed by atoms with Crippen LogP contribution in [0.15, 0.2) is 109 Å². The summed E-state index contributed by atoms with van der Waals surface area (Å²) in [7, 11) is 0. The first kappa shape index (κ1) is 18.9. The summed E-state index contributed by atoms with van der Waals surface area (Å²) in [5.74, 6) is 2.03. The van der Waals surface area contributed by atoms with Crippen molar-refractivity contribution in [3.63, 3.8) is 0 Å². The van der Waals surface area contributed by atoms with Gasteiger partial charge in [0.05, 0.1) is 0 Å². The molecule has 0 atom stereocenters. The SMILES string of the molecule is Cc1cccc(-c2nc(-c3ccccc3)nc(-c3ccc(-c4ccccc4)cc3)n2)c1. The lowest BCUT2D eigenvalue weighted by Gasteiger charge is -2.09. The van der Waals surface area contributed by atoms with E-state index in [0.717, 1.165) is 16.7 Å². The predicted molar refractivity (Wildman–Crippen MR) is 126 cm³/mol. The third-order valence-corrected chi connectivity index (χ3v) is 5.19. The lowest BCUT2D eigenvalue weighted by atomic mass is 10.0. The molecular weight excluding hydrogens is 378 g/mol. The maximum atomic E-state index is 4.82. The Hall–Kier alpha value is -4.11. The van der Waals surface area contributed by atoms with Crippen LogP contribution >= 0.6 is 0 Å². The van der Waals surface area contributed by atoms with E-state index in [-0.39, 0.29) is 0 Å². The molecule has 0 saturated heterocycles. The van der Waals surface area contributed by atoms with Crippen LogP contribution < -0.4 is 0 Å². The first-order valence-electron chi connectivity index (χ1n) is 10.3. The Morgan fingerprint density at radius 1 is 0.387 bits per heavy atom. The molecule has 0 aliphatic heterocycles. The van der Waals surface area contributed by atoms with Gasteiger partial charge in [0.1, 0.15) is 0 Å². The zero-order valence-electron chi connectivity index (χ0n) is 17.2. The summed E-state index contributed by atoms with van der Waals surface area (Å²) in [6, 6.07) is 37.0. The van der Waals surface area contributed by atoms with E-state index >= 15 is 0 Å². The zero-order chi connectivity index (χ0) is 21.0. The van der Waals surface area contributed by atoms with Crippen LogP contribution in [0.3, 0.4) is 0 Å². The maximum Gasteiger partial charge on any atom is 0.164 e. The van der Waals surface area contributed by atoms with Gasteiger partial charge in [-0.05, 0) is 24.1 Å². The minimum absolute atomic E-state index is 0.671. The first-order chi connectivity index (χ1) is 15.3. The molecule has 0 aliphatic rings. The second kappa shape index (κ2) is 8.33. The van der Waals surface area contributed by atoms with E-state index in [1.54, 1.807) is 0 Å². The van der Waals surface area contributed by atoms with Crippen LogP contribution in [-0.4, -0.2) is 15.0 Å². The number of hydrogen-bond donors (Lipinski definition) is 0. The third kappa shape index (κ3) is 4.12. The molecule has 0 aliphatic carbocycles. The monoisotopic (exact) mass is 399 g/mol. The third-order valence-electron chi connectivity index (χ3n) is 5.19. The van der Waals surface area contributed by atoms with Crippen LogP contribution in [0, 0.1) is 6.92 Å². The standard InChI is InChI=1S/C28H21N3/c1-20-9-8-14-25(19-20)28-30-26(23-12-6-3-7-13-23)29-27(31-28)24-17-15-22(16-18-24)21-10-4-2-5-11-21/h2-19H,1H3. The van der Waals surface area contributed by atoms with Gasteiger partial charge < -0.3 is 0 Å². The molecule has 1 aromatic heterocycles. The second-order valence-electron chi connectivity index (χ2n) is 7.49. The van der Waals surface area contributed by atoms with Gasteiger partial charge in [0.15, 0.2) is 17.5 Å². The molecule has 4 aromatic carbocycles. The summed E-state index contributed by atoms with van der Waals surface area (Å²) in [4.78, 5) is 14.4. The second-order valence-corrected chi connectivity index (χ2v) is 7.49. The Morgan fingerprint density at radius 2 is 0.806 bits per heavy atom.